The molecular weight excluding hydrogens is 368 g/mol. The molecule has 3 heterocycles. The van der Waals surface area contributed by atoms with Gasteiger partial charge in [0.25, 0.3) is 5.91 Å². The molecule has 4 aromatic rings. The number of benzene rings is 1. The SMILES string of the molecule is COc1cccc(-c2cc3c(Nc4ccc(C(=O)N(C)C)cn4)ncnc3[nH]2)c1. The first-order valence-corrected chi connectivity index (χ1v) is 8.98. The van der Waals surface area contributed by atoms with Gasteiger partial charge in [0.1, 0.15) is 29.4 Å². The number of hydrogen-bond acceptors (Lipinski definition) is 6. The molecule has 0 atom stereocenters. The van der Waals surface area contributed by atoms with Crippen LogP contribution in [0, 0.1) is 0 Å². The lowest BCUT2D eigenvalue weighted by Gasteiger charge is -2.10. The van der Waals surface area contributed by atoms with Gasteiger partial charge in [0.15, 0.2) is 0 Å². The maximum Gasteiger partial charge on any atom is 0.254 e. The van der Waals surface area contributed by atoms with Gasteiger partial charge in [-0.25, -0.2) is 15.0 Å². The Kier molecular flexibility index (Phi) is 4.82. The summed E-state index contributed by atoms with van der Waals surface area (Å²) in [5.74, 6) is 1.90. The Labute approximate surface area is 167 Å². The van der Waals surface area contributed by atoms with Crippen LogP contribution in [0.4, 0.5) is 11.6 Å². The molecule has 2 N–H and O–H groups in total. The molecule has 29 heavy (non-hydrogen) atoms. The van der Waals surface area contributed by atoms with Gasteiger partial charge in [-0.05, 0) is 30.3 Å². The number of fused-ring (bicyclic) bond motifs is 1. The summed E-state index contributed by atoms with van der Waals surface area (Å²) < 4.78 is 5.30. The molecule has 0 aliphatic carbocycles. The topological polar surface area (TPSA) is 96.0 Å². The lowest BCUT2D eigenvalue weighted by molar-refractivity contribution is 0.0827. The van der Waals surface area contributed by atoms with Crippen molar-refractivity contribution < 1.29 is 9.53 Å². The minimum Gasteiger partial charge on any atom is -0.497 e. The normalized spacial score (nSPS) is 10.7. The highest BCUT2D eigenvalue weighted by atomic mass is 16.5. The standard InChI is InChI=1S/C21H20N6O2/c1-27(2)21(28)14-7-8-18(22-11-14)26-20-16-10-17(25-19(16)23-12-24-20)13-5-4-6-15(9-13)29-3/h4-12H,1-3H3,(H2,22,23,24,25,26). The number of methoxy groups -OCH3 is 1. The zero-order valence-corrected chi connectivity index (χ0v) is 16.3. The van der Waals surface area contributed by atoms with Crippen LogP contribution in [0.5, 0.6) is 5.75 Å². The van der Waals surface area contributed by atoms with E-state index in [9.17, 15) is 4.79 Å². The summed E-state index contributed by atoms with van der Waals surface area (Å²) in [4.78, 5) is 29.8. The van der Waals surface area contributed by atoms with Crippen molar-refractivity contribution in [3.8, 4) is 17.0 Å². The number of pyridine rings is 1. The lowest BCUT2D eigenvalue weighted by Crippen LogP contribution is -2.21. The van der Waals surface area contributed by atoms with Gasteiger partial charge in [-0.15, -0.1) is 0 Å². The van der Waals surface area contributed by atoms with Gasteiger partial charge in [0, 0.05) is 31.5 Å². The Morgan fingerprint density at radius 1 is 1.10 bits per heavy atom. The maximum absolute atomic E-state index is 12.0. The number of nitrogens with one attached hydrogen (secondary N) is 2. The minimum atomic E-state index is -0.0953. The van der Waals surface area contributed by atoms with E-state index in [0.717, 1.165) is 22.4 Å². The van der Waals surface area contributed by atoms with Gasteiger partial charge in [-0.2, -0.15) is 0 Å². The Balaban J connectivity index is 1.64. The number of H-pyrrole nitrogens is 1. The van der Waals surface area contributed by atoms with Crippen molar-refractivity contribution >= 4 is 28.6 Å². The second-order valence-electron chi connectivity index (χ2n) is 6.66. The third-order valence-corrected chi connectivity index (χ3v) is 4.47. The summed E-state index contributed by atoms with van der Waals surface area (Å²) in [6.07, 6.45) is 3.03. The number of nitrogens with zero attached hydrogens (tertiary/aromatic N) is 4. The number of hydrogen-bond donors (Lipinski definition) is 2. The van der Waals surface area contributed by atoms with Crippen LogP contribution in [0.3, 0.4) is 0 Å². The van der Waals surface area contributed by atoms with Crippen molar-refractivity contribution in [1.82, 2.24) is 24.8 Å². The fraction of sp³-hybridized carbons (Fsp3) is 0.143. The van der Waals surface area contributed by atoms with Gasteiger partial charge in [-0.1, -0.05) is 12.1 Å². The van der Waals surface area contributed by atoms with Crippen LogP contribution in [0.25, 0.3) is 22.3 Å². The average Bonchev–Trinajstić information content (AvgIpc) is 3.19. The van der Waals surface area contributed by atoms with Crippen molar-refractivity contribution in [2.24, 2.45) is 0 Å². The van der Waals surface area contributed by atoms with Gasteiger partial charge in [0.05, 0.1) is 18.1 Å². The van der Waals surface area contributed by atoms with Gasteiger partial charge in [-0.3, -0.25) is 4.79 Å². The molecule has 0 aliphatic rings. The van der Waals surface area contributed by atoms with E-state index < -0.39 is 0 Å². The number of aromatic amines is 1. The summed E-state index contributed by atoms with van der Waals surface area (Å²) in [5, 5.41) is 4.03. The molecule has 0 saturated carbocycles. The second-order valence-corrected chi connectivity index (χ2v) is 6.66. The van der Waals surface area contributed by atoms with Gasteiger partial charge in [0.2, 0.25) is 0 Å². The summed E-state index contributed by atoms with van der Waals surface area (Å²) in [7, 11) is 5.05. The molecule has 0 saturated heterocycles. The Morgan fingerprint density at radius 3 is 2.69 bits per heavy atom. The number of amides is 1. The van der Waals surface area contributed by atoms with E-state index in [4.69, 9.17) is 4.74 Å². The second kappa shape index (κ2) is 7.59. The first-order valence-electron chi connectivity index (χ1n) is 8.98. The van der Waals surface area contributed by atoms with Crippen molar-refractivity contribution in [1.29, 1.82) is 0 Å². The number of carbonyl (C=O) groups is 1. The molecule has 0 unspecified atom stereocenters. The summed E-state index contributed by atoms with van der Waals surface area (Å²) in [6.45, 7) is 0. The highest BCUT2D eigenvalue weighted by Gasteiger charge is 2.12. The summed E-state index contributed by atoms with van der Waals surface area (Å²) in [5.41, 5.74) is 3.12. The molecule has 0 aliphatic heterocycles. The number of carbonyl (C=O) groups excluding carboxylic acids is 1. The third-order valence-electron chi connectivity index (χ3n) is 4.47. The van der Waals surface area contributed by atoms with E-state index in [0.29, 0.717) is 22.8 Å². The molecule has 8 heteroatoms. The van der Waals surface area contributed by atoms with Crippen molar-refractivity contribution in [3.63, 3.8) is 0 Å². The van der Waals surface area contributed by atoms with Crippen LogP contribution >= 0.6 is 0 Å². The summed E-state index contributed by atoms with van der Waals surface area (Å²) in [6, 6.07) is 13.2. The summed E-state index contributed by atoms with van der Waals surface area (Å²) >= 11 is 0. The van der Waals surface area contributed by atoms with Gasteiger partial charge >= 0.3 is 0 Å². The fourth-order valence-electron chi connectivity index (χ4n) is 2.96. The fourth-order valence-corrected chi connectivity index (χ4v) is 2.96. The molecule has 1 aromatic carbocycles. The Bertz CT molecular complexity index is 1170. The van der Waals surface area contributed by atoms with Gasteiger partial charge < -0.3 is 19.9 Å². The maximum atomic E-state index is 12.0. The first kappa shape index (κ1) is 18.4. The number of ether oxygens (including phenoxy) is 1. The Morgan fingerprint density at radius 2 is 1.97 bits per heavy atom. The van der Waals surface area contributed by atoms with E-state index in [2.05, 4.69) is 25.3 Å². The molecular formula is C21H20N6O2. The predicted octanol–water partition coefficient (Wildman–Crippen LogP) is 3.47. The van der Waals surface area contributed by atoms with Crippen LogP contribution in [-0.4, -0.2) is 51.9 Å². The molecule has 8 nitrogen and oxygen atoms in total. The van der Waals surface area contributed by atoms with Crippen molar-refractivity contribution in [2.75, 3.05) is 26.5 Å². The molecule has 4 rings (SSSR count). The minimum absolute atomic E-state index is 0.0953. The zero-order valence-electron chi connectivity index (χ0n) is 16.3. The van der Waals surface area contributed by atoms with Crippen LogP contribution in [0.1, 0.15) is 10.4 Å². The van der Waals surface area contributed by atoms with Crippen molar-refractivity contribution in [2.45, 2.75) is 0 Å². The molecule has 3 aromatic heterocycles. The molecule has 0 radical (unpaired) electrons. The molecule has 0 fully saturated rings. The molecule has 1 amide bonds. The van der Waals surface area contributed by atoms with E-state index in [-0.39, 0.29) is 5.91 Å². The quantitative estimate of drug-likeness (QED) is 0.543. The van der Waals surface area contributed by atoms with Crippen LogP contribution in [-0.2, 0) is 0 Å². The van der Waals surface area contributed by atoms with Crippen LogP contribution in [0.2, 0.25) is 0 Å². The molecule has 0 spiro atoms. The van der Waals surface area contributed by atoms with Crippen LogP contribution < -0.4 is 10.1 Å². The lowest BCUT2D eigenvalue weighted by atomic mass is 10.1. The van der Waals surface area contributed by atoms with Crippen LogP contribution in [0.15, 0.2) is 55.0 Å². The van der Waals surface area contributed by atoms with E-state index in [1.54, 1.807) is 39.5 Å². The highest BCUT2D eigenvalue weighted by Crippen LogP contribution is 2.29. The van der Waals surface area contributed by atoms with Crippen molar-refractivity contribution in [3.05, 3.63) is 60.6 Å². The first-order chi connectivity index (χ1) is 14.0. The smallest absolute Gasteiger partial charge is 0.254 e. The van der Waals surface area contributed by atoms with E-state index in [1.165, 1.54) is 11.2 Å². The zero-order chi connectivity index (χ0) is 20.4. The third kappa shape index (κ3) is 3.73. The highest BCUT2D eigenvalue weighted by molar-refractivity contribution is 5.94. The largest absolute Gasteiger partial charge is 0.497 e. The Hall–Kier alpha value is -3.94. The molecule has 0 bridgehead atoms. The number of aromatic nitrogens is 4. The van der Waals surface area contributed by atoms with E-state index >= 15 is 0 Å². The average molecular weight is 388 g/mol. The van der Waals surface area contributed by atoms with E-state index in [1.807, 2.05) is 30.3 Å². The predicted molar refractivity (Wildman–Crippen MR) is 111 cm³/mol. The monoisotopic (exact) mass is 388 g/mol. The number of rotatable bonds is 5. The molecule has 146 valence electrons. The number of anilines is 2.